The zero-order chi connectivity index (χ0) is 30.8. The minimum Gasteiger partial charge on any atom is -0.743 e. The van der Waals surface area contributed by atoms with E-state index in [1.807, 2.05) is 13.8 Å². The van der Waals surface area contributed by atoms with Crippen LogP contribution in [0.1, 0.15) is 85.0 Å². The van der Waals surface area contributed by atoms with Crippen LogP contribution >= 0.6 is 0 Å². The van der Waals surface area contributed by atoms with Crippen LogP contribution in [0, 0.1) is 46.3 Å². The zero-order valence-corrected chi connectivity index (χ0v) is 24.2. The first kappa shape index (κ1) is 32.0. The Kier molecular flexibility index (Phi) is 8.34. The monoisotopic (exact) mass is 609 g/mol. The van der Waals surface area contributed by atoms with Crippen LogP contribution in [0.25, 0.3) is 0 Å². The summed E-state index contributed by atoms with van der Waals surface area (Å²) in [5, 5.41) is -5.84. The van der Waals surface area contributed by atoms with E-state index in [1.165, 1.54) is 0 Å². The van der Waals surface area contributed by atoms with Crippen LogP contribution < -0.4 is 0 Å². The molecule has 1 unspecified atom stereocenters. The van der Waals surface area contributed by atoms with Crippen molar-refractivity contribution in [1.82, 2.24) is 0 Å². The number of ketones is 3. The van der Waals surface area contributed by atoms with Gasteiger partial charge in [-0.05, 0) is 60.7 Å². The topological polar surface area (TPSA) is 135 Å². The highest BCUT2D eigenvalue weighted by molar-refractivity contribution is 7.86. The van der Waals surface area contributed by atoms with E-state index < -0.39 is 45.7 Å². The summed E-state index contributed by atoms with van der Waals surface area (Å²) in [6, 6.07) is 0. The van der Waals surface area contributed by atoms with Crippen molar-refractivity contribution < 1.29 is 54.4 Å². The molecule has 8 atom stereocenters. The van der Waals surface area contributed by atoms with E-state index >= 15 is 0 Å². The average Bonchev–Trinajstić information content (AvgIpc) is 3.22. The Labute approximate surface area is 237 Å². The van der Waals surface area contributed by atoms with Crippen LogP contribution in [0.4, 0.5) is 17.6 Å². The Morgan fingerprint density at radius 3 is 2.37 bits per heavy atom. The number of Topliss-reactive ketones (excluding diaryl/α,β-unsaturated/α-hetero) is 3. The van der Waals surface area contributed by atoms with Crippen LogP contribution in [0.2, 0.25) is 0 Å². The minimum absolute atomic E-state index is 0.0346. The molecule has 0 radical (unpaired) electrons. The summed E-state index contributed by atoms with van der Waals surface area (Å²) in [7, 11) is -6.62. The number of hydrogen-bond acceptors (Lipinski definition) is 8. The third-order valence-electron chi connectivity index (χ3n) is 11.1. The second-order valence-electron chi connectivity index (χ2n) is 13.1. The van der Waals surface area contributed by atoms with Gasteiger partial charge in [-0.2, -0.15) is 17.6 Å². The van der Waals surface area contributed by atoms with Gasteiger partial charge >= 0.3 is 17.1 Å². The average molecular weight is 610 g/mol. The van der Waals surface area contributed by atoms with E-state index in [1.54, 1.807) is 0 Å². The Balaban J connectivity index is 1.37. The number of rotatable bonds is 9. The number of carbonyl (C=O) groups excluding carboxylic acids is 4. The molecule has 4 fully saturated rings. The van der Waals surface area contributed by atoms with Crippen LogP contribution in [-0.4, -0.2) is 54.1 Å². The van der Waals surface area contributed by atoms with Gasteiger partial charge in [-0.3, -0.25) is 19.2 Å². The fourth-order valence-electron chi connectivity index (χ4n) is 8.63. The molecule has 0 heterocycles. The third-order valence-corrected chi connectivity index (χ3v) is 12.1. The van der Waals surface area contributed by atoms with Gasteiger partial charge in [0.05, 0.1) is 13.0 Å². The van der Waals surface area contributed by atoms with Crippen molar-refractivity contribution in [3.63, 3.8) is 0 Å². The molecule has 4 rings (SSSR count). The molecule has 0 amide bonds. The standard InChI is InChI=1S/C28H38F4O8S/c1-15(4-7-23(36)40-11-10-27(29,30)28(31,32)41(37,38)39)18-5-6-19-24-20(14-22(35)26(18,19)3)25(2)9-8-17(33)12-16(25)13-21(24)34/h15-16,18-20,24H,4-14H2,1-3H3,(H,37,38,39)/p-1/t15-,16?,18-,19+,20+,24+,25+,26-/m1/s1. The summed E-state index contributed by atoms with van der Waals surface area (Å²) >= 11 is 0. The Bertz CT molecular complexity index is 1220. The molecule has 0 N–H and O–H groups in total. The number of alkyl halides is 4. The fraction of sp³-hybridized carbons (Fsp3) is 0.857. The lowest BCUT2D eigenvalue weighted by atomic mass is 9.44. The molecule has 0 aromatic heterocycles. The molecule has 0 aromatic rings. The first-order valence-electron chi connectivity index (χ1n) is 14.2. The molecule has 4 aliphatic rings. The summed E-state index contributed by atoms with van der Waals surface area (Å²) < 4.78 is 89.8. The van der Waals surface area contributed by atoms with Gasteiger partial charge in [0.15, 0.2) is 10.1 Å². The molecule has 0 saturated heterocycles. The van der Waals surface area contributed by atoms with Crippen molar-refractivity contribution in [2.24, 2.45) is 46.3 Å². The molecular weight excluding hydrogens is 572 g/mol. The first-order chi connectivity index (χ1) is 18.8. The van der Waals surface area contributed by atoms with Crippen LogP contribution in [0.3, 0.4) is 0 Å². The Morgan fingerprint density at radius 2 is 1.73 bits per heavy atom. The number of esters is 1. The molecule has 0 aromatic carbocycles. The summed E-state index contributed by atoms with van der Waals surface area (Å²) in [5.74, 6) is -6.63. The van der Waals surface area contributed by atoms with Gasteiger partial charge in [0.25, 0.3) is 0 Å². The van der Waals surface area contributed by atoms with Gasteiger partial charge < -0.3 is 9.29 Å². The first-order valence-corrected chi connectivity index (χ1v) is 15.6. The maximum Gasteiger partial charge on any atom is 0.396 e. The van der Waals surface area contributed by atoms with Gasteiger partial charge in [0.2, 0.25) is 0 Å². The summed E-state index contributed by atoms with van der Waals surface area (Å²) in [5.41, 5.74) is -1.01. The largest absolute Gasteiger partial charge is 0.743 e. The van der Waals surface area contributed by atoms with E-state index in [2.05, 4.69) is 11.7 Å². The van der Waals surface area contributed by atoms with Crippen LogP contribution in [-0.2, 0) is 34.0 Å². The highest BCUT2D eigenvalue weighted by Crippen LogP contribution is 2.66. The quantitative estimate of drug-likeness (QED) is 0.209. The molecule has 41 heavy (non-hydrogen) atoms. The van der Waals surface area contributed by atoms with E-state index in [0.29, 0.717) is 38.5 Å². The molecule has 8 nitrogen and oxygen atoms in total. The zero-order valence-electron chi connectivity index (χ0n) is 23.4. The SMILES string of the molecule is C[C@H](CCC(=O)OCCC(F)(F)C(F)(F)S(=O)(=O)[O-])[C@H]1CC[C@H]2[C@@H]3C(=O)CC4CC(=O)CC[C@]4(C)[C@H]3CC(=O)[C@]12C. The van der Waals surface area contributed by atoms with Crippen LogP contribution in [0.5, 0.6) is 0 Å². The lowest BCUT2D eigenvalue weighted by Gasteiger charge is -2.58. The molecule has 4 aliphatic carbocycles. The van der Waals surface area contributed by atoms with Crippen molar-refractivity contribution in [2.75, 3.05) is 6.61 Å². The number of hydrogen-bond donors (Lipinski definition) is 0. The van der Waals surface area contributed by atoms with Crippen molar-refractivity contribution in [2.45, 2.75) is 96.2 Å². The molecule has 232 valence electrons. The van der Waals surface area contributed by atoms with Gasteiger partial charge in [0, 0.05) is 43.4 Å². The van der Waals surface area contributed by atoms with Gasteiger partial charge in [-0.15, -0.1) is 0 Å². The van der Waals surface area contributed by atoms with Gasteiger partial charge in [-0.1, -0.05) is 20.8 Å². The number of halogens is 4. The highest BCUT2D eigenvalue weighted by atomic mass is 32.2. The molecular formula is C28H37F4O8S-. The Hall–Kier alpha value is -1.89. The van der Waals surface area contributed by atoms with Crippen molar-refractivity contribution in [3.8, 4) is 0 Å². The Morgan fingerprint density at radius 1 is 1.07 bits per heavy atom. The van der Waals surface area contributed by atoms with E-state index in [0.717, 1.165) is 0 Å². The van der Waals surface area contributed by atoms with E-state index in [-0.39, 0.29) is 77.5 Å². The second kappa shape index (κ2) is 10.7. The lowest BCUT2D eigenvalue weighted by molar-refractivity contribution is -0.175. The second-order valence-corrected chi connectivity index (χ2v) is 14.5. The minimum atomic E-state index is -6.62. The molecule has 4 saturated carbocycles. The highest BCUT2D eigenvalue weighted by Gasteiger charge is 2.66. The molecule has 0 aliphatic heterocycles. The fourth-order valence-corrected chi connectivity index (χ4v) is 9.10. The molecule has 0 spiro atoms. The van der Waals surface area contributed by atoms with Crippen LogP contribution in [0.15, 0.2) is 0 Å². The molecule has 13 heteroatoms. The summed E-state index contributed by atoms with van der Waals surface area (Å²) in [4.78, 5) is 51.6. The van der Waals surface area contributed by atoms with Crippen molar-refractivity contribution in [3.05, 3.63) is 0 Å². The van der Waals surface area contributed by atoms with E-state index in [4.69, 9.17) is 0 Å². The normalized spacial score (nSPS) is 36.8. The van der Waals surface area contributed by atoms with Gasteiger partial charge in [0.1, 0.15) is 17.3 Å². The molecule has 0 bridgehead atoms. The predicted octanol–water partition coefficient (Wildman–Crippen LogP) is 4.70. The van der Waals surface area contributed by atoms with Crippen molar-refractivity contribution >= 4 is 33.4 Å². The number of fused-ring (bicyclic) bond motifs is 5. The summed E-state index contributed by atoms with van der Waals surface area (Å²) in [6.45, 7) is 4.69. The number of ether oxygens (including phenoxy) is 1. The smallest absolute Gasteiger partial charge is 0.396 e. The maximum atomic E-state index is 13.8. The number of carbonyl (C=O) groups is 4. The van der Waals surface area contributed by atoms with E-state index in [9.17, 15) is 49.7 Å². The summed E-state index contributed by atoms with van der Waals surface area (Å²) in [6.07, 6.45) is 1.64. The maximum absolute atomic E-state index is 13.8. The third kappa shape index (κ3) is 5.27. The lowest BCUT2D eigenvalue weighted by Crippen LogP contribution is -2.60. The van der Waals surface area contributed by atoms with Gasteiger partial charge in [-0.25, -0.2) is 8.42 Å². The predicted molar refractivity (Wildman–Crippen MR) is 135 cm³/mol. The van der Waals surface area contributed by atoms with Crippen molar-refractivity contribution in [1.29, 1.82) is 0 Å².